The number of nitrogens with one attached hydrogen (secondary N) is 1. The zero-order chi connectivity index (χ0) is 16.4. The summed E-state index contributed by atoms with van der Waals surface area (Å²) < 4.78 is 5.81. The van der Waals surface area contributed by atoms with E-state index in [9.17, 15) is 5.26 Å². The first-order chi connectivity index (χ1) is 11.8. The molecule has 1 saturated heterocycles. The van der Waals surface area contributed by atoms with Crippen LogP contribution in [-0.4, -0.2) is 23.4 Å². The molecule has 4 rings (SSSR count). The maximum atomic E-state index is 9.21. The number of hydrogen-bond acceptors (Lipinski definition) is 5. The van der Waals surface area contributed by atoms with Crippen LogP contribution in [0, 0.1) is 17.2 Å². The molecule has 118 valence electrons. The molecule has 0 aliphatic carbocycles. The second-order valence-corrected chi connectivity index (χ2v) is 5.69. The van der Waals surface area contributed by atoms with Gasteiger partial charge in [-0.1, -0.05) is 18.2 Å². The summed E-state index contributed by atoms with van der Waals surface area (Å²) in [5.74, 6) is 1.46. The van der Waals surface area contributed by atoms with Crippen molar-refractivity contribution in [1.29, 1.82) is 5.26 Å². The first-order valence-corrected chi connectivity index (χ1v) is 7.84. The molecule has 0 spiro atoms. The van der Waals surface area contributed by atoms with Gasteiger partial charge in [0.15, 0.2) is 6.17 Å². The number of aliphatic imine (C=N–C) groups is 1. The Balaban J connectivity index is 1.53. The van der Waals surface area contributed by atoms with Crippen LogP contribution in [0.4, 0.5) is 0 Å². The highest BCUT2D eigenvalue weighted by molar-refractivity contribution is 6.09. The third-order valence-corrected chi connectivity index (χ3v) is 4.10. The van der Waals surface area contributed by atoms with Crippen LogP contribution in [-0.2, 0) is 0 Å². The van der Waals surface area contributed by atoms with Gasteiger partial charge in [0, 0.05) is 18.3 Å². The van der Waals surface area contributed by atoms with Gasteiger partial charge in [-0.3, -0.25) is 10.0 Å². The molecule has 0 bridgehead atoms. The van der Waals surface area contributed by atoms with Gasteiger partial charge in [-0.05, 0) is 42.5 Å². The Kier molecular flexibility index (Phi) is 3.73. The Morgan fingerprint density at radius 1 is 1.08 bits per heavy atom. The van der Waals surface area contributed by atoms with Crippen molar-refractivity contribution in [2.75, 3.05) is 6.54 Å². The van der Waals surface area contributed by atoms with E-state index in [-0.39, 0.29) is 12.1 Å². The van der Waals surface area contributed by atoms with E-state index in [0.29, 0.717) is 6.54 Å². The number of para-hydroxylation sites is 1. The average Bonchev–Trinajstić information content (AvgIpc) is 3.05. The molecule has 2 aromatic carbocycles. The number of hydrogen-bond donors (Lipinski definition) is 1. The number of hydrazine groups is 1. The molecule has 2 atom stereocenters. The van der Waals surface area contributed by atoms with Crippen LogP contribution in [0.25, 0.3) is 0 Å². The summed E-state index contributed by atoms with van der Waals surface area (Å²) in [5, 5.41) is 11.1. The molecule has 2 heterocycles. The fourth-order valence-electron chi connectivity index (χ4n) is 2.83. The number of nitriles is 1. The SMILES string of the molecule is N#CC1CNN2C=CC(c3ccc(Oc4ccccc4)cc3)=NC12. The van der Waals surface area contributed by atoms with E-state index in [0.717, 1.165) is 22.8 Å². The first kappa shape index (κ1) is 14.5. The molecule has 2 aromatic rings. The Bertz CT molecular complexity index is 821. The second kappa shape index (κ2) is 6.19. The lowest BCUT2D eigenvalue weighted by molar-refractivity contribution is 0.268. The van der Waals surface area contributed by atoms with Crippen LogP contribution in [0.1, 0.15) is 5.56 Å². The van der Waals surface area contributed by atoms with Crippen molar-refractivity contribution in [3.8, 4) is 17.6 Å². The van der Waals surface area contributed by atoms with Crippen molar-refractivity contribution in [2.24, 2.45) is 10.9 Å². The van der Waals surface area contributed by atoms with Crippen LogP contribution < -0.4 is 10.2 Å². The number of ether oxygens (including phenoxy) is 1. The van der Waals surface area contributed by atoms with Gasteiger partial charge in [0.05, 0.1) is 11.8 Å². The lowest BCUT2D eigenvalue weighted by Crippen LogP contribution is -2.35. The van der Waals surface area contributed by atoms with Gasteiger partial charge in [-0.2, -0.15) is 5.26 Å². The first-order valence-electron chi connectivity index (χ1n) is 7.84. The molecule has 1 fully saturated rings. The third kappa shape index (κ3) is 2.75. The summed E-state index contributed by atoms with van der Waals surface area (Å²) >= 11 is 0. The number of rotatable bonds is 3. The smallest absolute Gasteiger partial charge is 0.152 e. The van der Waals surface area contributed by atoms with Crippen molar-refractivity contribution in [3.63, 3.8) is 0 Å². The predicted octanol–water partition coefficient (Wildman–Crippen LogP) is 3.08. The second-order valence-electron chi connectivity index (χ2n) is 5.69. The molecule has 24 heavy (non-hydrogen) atoms. The molecule has 2 aliphatic heterocycles. The van der Waals surface area contributed by atoms with Gasteiger partial charge < -0.3 is 4.74 Å². The Hall–Kier alpha value is -3.10. The Morgan fingerprint density at radius 3 is 2.58 bits per heavy atom. The summed E-state index contributed by atoms with van der Waals surface area (Å²) in [6.07, 6.45) is 3.74. The maximum absolute atomic E-state index is 9.21. The van der Waals surface area contributed by atoms with Crippen molar-refractivity contribution < 1.29 is 4.74 Å². The summed E-state index contributed by atoms with van der Waals surface area (Å²) in [6, 6.07) is 19.8. The van der Waals surface area contributed by atoms with Crippen LogP contribution in [0.2, 0.25) is 0 Å². The van der Waals surface area contributed by atoms with Crippen molar-refractivity contribution in [3.05, 3.63) is 72.4 Å². The minimum atomic E-state index is -0.157. The zero-order valence-electron chi connectivity index (χ0n) is 13.0. The summed E-state index contributed by atoms with van der Waals surface area (Å²) in [5.41, 5.74) is 5.06. The fraction of sp³-hybridized carbons (Fsp3) is 0.158. The van der Waals surface area contributed by atoms with E-state index < -0.39 is 0 Å². The van der Waals surface area contributed by atoms with Gasteiger partial charge in [0.25, 0.3) is 0 Å². The van der Waals surface area contributed by atoms with E-state index in [2.05, 4.69) is 11.5 Å². The average molecular weight is 316 g/mol. The van der Waals surface area contributed by atoms with Gasteiger partial charge in [0.1, 0.15) is 17.4 Å². The summed E-state index contributed by atoms with van der Waals surface area (Å²) in [6.45, 7) is 0.631. The van der Waals surface area contributed by atoms with E-state index >= 15 is 0 Å². The molecule has 2 aliphatic rings. The van der Waals surface area contributed by atoms with Crippen LogP contribution in [0.3, 0.4) is 0 Å². The lowest BCUT2D eigenvalue weighted by atomic mass is 10.1. The van der Waals surface area contributed by atoms with Gasteiger partial charge in [0.2, 0.25) is 0 Å². The van der Waals surface area contributed by atoms with Crippen LogP contribution >= 0.6 is 0 Å². The number of allylic oxidation sites excluding steroid dienone is 1. The summed E-state index contributed by atoms with van der Waals surface area (Å²) in [7, 11) is 0. The molecule has 0 amide bonds. The fourth-order valence-corrected chi connectivity index (χ4v) is 2.83. The van der Waals surface area contributed by atoms with Gasteiger partial charge in [-0.15, -0.1) is 0 Å². The van der Waals surface area contributed by atoms with Crippen molar-refractivity contribution >= 4 is 5.71 Å². The van der Waals surface area contributed by atoms with E-state index in [1.165, 1.54) is 0 Å². The molecular weight excluding hydrogens is 300 g/mol. The quantitative estimate of drug-likeness (QED) is 0.945. The zero-order valence-corrected chi connectivity index (χ0v) is 13.0. The Labute approximate surface area is 140 Å². The molecule has 2 unspecified atom stereocenters. The molecule has 0 saturated carbocycles. The van der Waals surface area contributed by atoms with E-state index in [4.69, 9.17) is 9.73 Å². The molecule has 5 heteroatoms. The summed E-state index contributed by atoms with van der Waals surface area (Å²) in [4.78, 5) is 4.71. The molecule has 0 radical (unpaired) electrons. The predicted molar refractivity (Wildman–Crippen MR) is 91.4 cm³/mol. The number of benzene rings is 2. The van der Waals surface area contributed by atoms with Crippen molar-refractivity contribution in [1.82, 2.24) is 10.4 Å². The minimum absolute atomic E-state index is 0.134. The largest absolute Gasteiger partial charge is 0.457 e. The third-order valence-electron chi connectivity index (χ3n) is 4.10. The highest BCUT2D eigenvalue weighted by Gasteiger charge is 2.34. The molecular formula is C19H16N4O. The van der Waals surface area contributed by atoms with Crippen molar-refractivity contribution in [2.45, 2.75) is 6.17 Å². The van der Waals surface area contributed by atoms with Crippen LogP contribution in [0.15, 0.2) is 71.9 Å². The highest BCUT2D eigenvalue weighted by Crippen LogP contribution is 2.25. The molecule has 5 nitrogen and oxygen atoms in total. The highest BCUT2D eigenvalue weighted by atomic mass is 16.5. The normalized spacial score (nSPS) is 21.8. The number of nitrogens with zero attached hydrogens (tertiary/aromatic N) is 3. The topological polar surface area (TPSA) is 60.7 Å². The van der Waals surface area contributed by atoms with Gasteiger partial charge >= 0.3 is 0 Å². The Morgan fingerprint density at radius 2 is 1.83 bits per heavy atom. The van der Waals surface area contributed by atoms with E-state index in [1.807, 2.05) is 71.9 Å². The monoisotopic (exact) mass is 316 g/mol. The maximum Gasteiger partial charge on any atom is 0.152 e. The minimum Gasteiger partial charge on any atom is -0.457 e. The molecule has 1 N–H and O–H groups in total. The van der Waals surface area contributed by atoms with Crippen LogP contribution in [0.5, 0.6) is 11.5 Å². The van der Waals surface area contributed by atoms with Gasteiger partial charge in [-0.25, -0.2) is 5.43 Å². The number of fused-ring (bicyclic) bond motifs is 1. The van der Waals surface area contributed by atoms with E-state index in [1.54, 1.807) is 0 Å². The molecule has 0 aromatic heterocycles. The lowest BCUT2D eigenvalue weighted by Gasteiger charge is -2.24. The standard InChI is InChI=1S/C19H16N4O/c20-12-15-13-21-23-11-10-18(22-19(15)23)14-6-8-17(9-7-14)24-16-4-2-1-3-5-16/h1-11,15,19,21H,13H2.